The van der Waals surface area contributed by atoms with Crippen LogP contribution in [0.25, 0.3) is 0 Å². The first-order chi connectivity index (χ1) is 4.41. The SMILES string of the molecule is CCC=CNOCCN. The van der Waals surface area contributed by atoms with E-state index in [2.05, 4.69) is 12.4 Å². The Kier molecular flexibility index (Phi) is 7.01. The van der Waals surface area contributed by atoms with Crippen LogP contribution >= 0.6 is 0 Å². The maximum absolute atomic E-state index is 5.15. The molecule has 0 heterocycles. The predicted molar refractivity (Wildman–Crippen MR) is 37.6 cm³/mol. The van der Waals surface area contributed by atoms with Gasteiger partial charge >= 0.3 is 0 Å². The third-order valence-corrected chi connectivity index (χ3v) is 0.725. The largest absolute Gasteiger partial charge is 0.328 e. The average Bonchev–Trinajstić information content (AvgIpc) is 1.89. The summed E-state index contributed by atoms with van der Waals surface area (Å²) in [5, 5.41) is 0. The molecule has 0 aliphatic rings. The summed E-state index contributed by atoms with van der Waals surface area (Å²) in [6, 6.07) is 0. The molecule has 3 nitrogen and oxygen atoms in total. The van der Waals surface area contributed by atoms with Crippen molar-refractivity contribution >= 4 is 0 Å². The molecule has 0 aliphatic carbocycles. The van der Waals surface area contributed by atoms with Crippen molar-refractivity contribution in [3.05, 3.63) is 12.3 Å². The van der Waals surface area contributed by atoms with Crippen molar-refractivity contribution in [2.45, 2.75) is 13.3 Å². The topological polar surface area (TPSA) is 47.3 Å². The Balaban J connectivity index is 2.82. The number of nitrogens with two attached hydrogens (primary N) is 1. The van der Waals surface area contributed by atoms with Gasteiger partial charge in [-0.2, -0.15) is 0 Å². The molecule has 0 atom stereocenters. The van der Waals surface area contributed by atoms with Crippen LogP contribution in [0.5, 0.6) is 0 Å². The summed E-state index contributed by atoms with van der Waals surface area (Å²) in [6.07, 6.45) is 4.74. The van der Waals surface area contributed by atoms with E-state index in [0.29, 0.717) is 13.2 Å². The second kappa shape index (κ2) is 7.46. The molecule has 0 saturated heterocycles. The molecule has 0 saturated carbocycles. The summed E-state index contributed by atoms with van der Waals surface area (Å²) in [5.41, 5.74) is 7.78. The number of allylic oxidation sites excluding steroid dienone is 1. The maximum Gasteiger partial charge on any atom is 0.0868 e. The van der Waals surface area contributed by atoms with Crippen LogP contribution in [0.3, 0.4) is 0 Å². The van der Waals surface area contributed by atoms with Gasteiger partial charge in [-0.3, -0.25) is 10.3 Å². The van der Waals surface area contributed by atoms with Crippen LogP contribution in [0.15, 0.2) is 12.3 Å². The smallest absolute Gasteiger partial charge is 0.0868 e. The summed E-state index contributed by atoms with van der Waals surface area (Å²) < 4.78 is 0. The summed E-state index contributed by atoms with van der Waals surface area (Å²) in [7, 11) is 0. The van der Waals surface area contributed by atoms with E-state index in [0.717, 1.165) is 6.42 Å². The van der Waals surface area contributed by atoms with E-state index in [1.807, 2.05) is 6.08 Å². The van der Waals surface area contributed by atoms with Crippen LogP contribution in [-0.2, 0) is 4.84 Å². The van der Waals surface area contributed by atoms with Gasteiger partial charge in [-0.25, -0.2) is 0 Å². The van der Waals surface area contributed by atoms with Crippen LogP contribution in [0.4, 0.5) is 0 Å². The minimum Gasteiger partial charge on any atom is -0.328 e. The zero-order valence-electron chi connectivity index (χ0n) is 5.76. The van der Waals surface area contributed by atoms with Crippen LogP contribution in [0.1, 0.15) is 13.3 Å². The number of nitrogens with one attached hydrogen (secondary N) is 1. The Morgan fingerprint density at radius 1 is 1.67 bits per heavy atom. The normalized spacial score (nSPS) is 10.4. The molecule has 9 heavy (non-hydrogen) atoms. The van der Waals surface area contributed by atoms with Gasteiger partial charge in [0.2, 0.25) is 0 Å². The van der Waals surface area contributed by atoms with Crippen molar-refractivity contribution in [1.29, 1.82) is 0 Å². The van der Waals surface area contributed by atoms with Crippen LogP contribution in [0, 0.1) is 0 Å². The Morgan fingerprint density at radius 3 is 3.00 bits per heavy atom. The molecular weight excluding hydrogens is 116 g/mol. The van der Waals surface area contributed by atoms with E-state index in [9.17, 15) is 0 Å². The van der Waals surface area contributed by atoms with E-state index in [1.54, 1.807) is 6.20 Å². The molecule has 0 aliphatic heterocycles. The monoisotopic (exact) mass is 130 g/mol. The summed E-state index contributed by atoms with van der Waals surface area (Å²) in [6.45, 7) is 3.15. The number of hydrogen-bond acceptors (Lipinski definition) is 3. The highest BCUT2D eigenvalue weighted by atomic mass is 16.6. The van der Waals surface area contributed by atoms with Crippen molar-refractivity contribution in [2.24, 2.45) is 5.73 Å². The van der Waals surface area contributed by atoms with Gasteiger partial charge in [0, 0.05) is 12.7 Å². The summed E-state index contributed by atoms with van der Waals surface area (Å²) in [5.74, 6) is 0. The molecule has 3 heteroatoms. The second-order valence-electron chi connectivity index (χ2n) is 1.57. The Bertz CT molecular complexity index is 73.5. The van der Waals surface area contributed by atoms with Gasteiger partial charge in [0.15, 0.2) is 0 Å². The lowest BCUT2D eigenvalue weighted by atomic mass is 10.5. The molecule has 0 unspecified atom stereocenters. The second-order valence-corrected chi connectivity index (χ2v) is 1.57. The van der Waals surface area contributed by atoms with Gasteiger partial charge in [-0.1, -0.05) is 13.0 Å². The van der Waals surface area contributed by atoms with E-state index >= 15 is 0 Å². The zero-order valence-corrected chi connectivity index (χ0v) is 5.76. The number of hydrogen-bond donors (Lipinski definition) is 2. The molecule has 0 aromatic rings. The highest BCUT2D eigenvalue weighted by Crippen LogP contribution is 1.74. The Morgan fingerprint density at radius 2 is 2.44 bits per heavy atom. The highest BCUT2D eigenvalue weighted by Gasteiger charge is 1.75. The van der Waals surface area contributed by atoms with E-state index in [1.165, 1.54) is 0 Å². The molecule has 54 valence electrons. The van der Waals surface area contributed by atoms with Gasteiger partial charge in [0.25, 0.3) is 0 Å². The van der Waals surface area contributed by atoms with Crippen molar-refractivity contribution in [3.63, 3.8) is 0 Å². The molecular formula is C6H14N2O. The van der Waals surface area contributed by atoms with Gasteiger partial charge in [-0.15, -0.1) is 0 Å². The maximum atomic E-state index is 5.15. The summed E-state index contributed by atoms with van der Waals surface area (Å²) in [4.78, 5) is 4.82. The van der Waals surface area contributed by atoms with E-state index in [-0.39, 0.29) is 0 Å². The van der Waals surface area contributed by atoms with Crippen molar-refractivity contribution < 1.29 is 4.84 Å². The lowest BCUT2D eigenvalue weighted by molar-refractivity contribution is 0.0775. The van der Waals surface area contributed by atoms with Gasteiger partial charge in [-0.05, 0) is 6.42 Å². The fraction of sp³-hybridized carbons (Fsp3) is 0.667. The van der Waals surface area contributed by atoms with Crippen LogP contribution in [-0.4, -0.2) is 13.2 Å². The summed E-state index contributed by atoms with van der Waals surface area (Å²) >= 11 is 0. The third kappa shape index (κ3) is 7.46. The number of hydroxylamine groups is 1. The molecule has 0 fully saturated rings. The predicted octanol–water partition coefficient (Wildman–Crippen LogP) is 0.390. The first kappa shape index (κ1) is 8.46. The molecule has 0 aromatic carbocycles. The highest BCUT2D eigenvalue weighted by molar-refractivity contribution is 4.73. The molecule has 0 rings (SSSR count). The first-order valence-corrected chi connectivity index (χ1v) is 3.14. The first-order valence-electron chi connectivity index (χ1n) is 3.14. The standard InChI is InChI=1S/C6H14N2O/c1-2-3-5-8-9-6-4-7/h3,5,8H,2,4,6-7H2,1H3. The molecule has 0 bridgehead atoms. The molecule has 0 spiro atoms. The quantitative estimate of drug-likeness (QED) is 0.418. The molecule has 0 amide bonds. The lowest BCUT2D eigenvalue weighted by Gasteiger charge is -1.97. The van der Waals surface area contributed by atoms with E-state index in [4.69, 9.17) is 10.6 Å². The van der Waals surface area contributed by atoms with Gasteiger partial charge in [0.1, 0.15) is 0 Å². The molecule has 0 radical (unpaired) electrons. The van der Waals surface area contributed by atoms with Gasteiger partial charge < -0.3 is 5.73 Å². The van der Waals surface area contributed by atoms with E-state index < -0.39 is 0 Å². The lowest BCUT2D eigenvalue weighted by Crippen LogP contribution is -2.14. The number of rotatable bonds is 5. The van der Waals surface area contributed by atoms with Crippen molar-refractivity contribution in [2.75, 3.05) is 13.2 Å². The van der Waals surface area contributed by atoms with Gasteiger partial charge in [0.05, 0.1) is 6.61 Å². The average molecular weight is 130 g/mol. The van der Waals surface area contributed by atoms with Crippen LogP contribution in [0.2, 0.25) is 0 Å². The zero-order chi connectivity index (χ0) is 6.95. The third-order valence-electron chi connectivity index (χ3n) is 0.725. The van der Waals surface area contributed by atoms with Crippen LogP contribution < -0.4 is 11.2 Å². The minimum absolute atomic E-state index is 0.549. The Hall–Kier alpha value is -0.540. The molecule has 0 aromatic heterocycles. The molecule has 3 N–H and O–H groups in total. The Labute approximate surface area is 55.8 Å². The minimum atomic E-state index is 0.549. The van der Waals surface area contributed by atoms with Crippen molar-refractivity contribution in [1.82, 2.24) is 5.48 Å². The van der Waals surface area contributed by atoms with Crippen molar-refractivity contribution in [3.8, 4) is 0 Å². The fourth-order valence-electron chi connectivity index (χ4n) is 0.332. The fourth-order valence-corrected chi connectivity index (χ4v) is 0.332.